The zero-order chi connectivity index (χ0) is 8.15. The van der Waals surface area contributed by atoms with Crippen molar-refractivity contribution < 1.29 is 9.18 Å². The Morgan fingerprint density at radius 1 is 1.70 bits per heavy atom. The van der Waals surface area contributed by atoms with E-state index in [1.54, 1.807) is 13.8 Å². The number of hydrogen-bond donors (Lipinski definition) is 0. The molecule has 58 valence electrons. The minimum Gasteiger partial charge on any atom is -0.290 e. The van der Waals surface area contributed by atoms with Crippen molar-refractivity contribution in [1.29, 1.82) is 0 Å². The van der Waals surface area contributed by atoms with Gasteiger partial charge in [0.05, 0.1) is 5.88 Å². The third-order valence-electron chi connectivity index (χ3n) is 0.867. The smallest absolute Gasteiger partial charge is 0.205 e. The van der Waals surface area contributed by atoms with Gasteiger partial charge < -0.3 is 0 Å². The summed E-state index contributed by atoms with van der Waals surface area (Å²) in [7, 11) is 0. The molecule has 0 fully saturated rings. The highest BCUT2D eigenvalue weighted by Gasteiger charge is 2.06. The van der Waals surface area contributed by atoms with E-state index in [-0.39, 0.29) is 11.8 Å². The Morgan fingerprint density at radius 3 is 2.50 bits per heavy atom. The third kappa shape index (κ3) is 3.62. The fraction of sp³-hybridized carbons (Fsp3) is 0.571. The number of hydrogen-bond acceptors (Lipinski definition) is 1. The van der Waals surface area contributed by atoms with Gasteiger partial charge >= 0.3 is 0 Å². The van der Waals surface area contributed by atoms with Gasteiger partial charge in [-0.15, -0.1) is 11.6 Å². The highest BCUT2D eigenvalue weighted by atomic mass is 35.5. The molecule has 0 aromatic heterocycles. The predicted octanol–water partition coefficient (Wildman–Crippen LogP) is 2.30. The summed E-state index contributed by atoms with van der Waals surface area (Å²) in [4.78, 5) is 10.5. The number of Topliss-reactive ketones (excluding diaryl/α,β-unsaturated/α-hetero) is 1. The van der Waals surface area contributed by atoms with Crippen molar-refractivity contribution in [2.24, 2.45) is 5.92 Å². The first-order valence-corrected chi connectivity index (χ1v) is 3.58. The second-order valence-electron chi connectivity index (χ2n) is 2.32. The maximum absolute atomic E-state index is 12.5. The molecule has 0 atom stereocenters. The number of allylic oxidation sites excluding steroid dienone is 2. The zero-order valence-electron chi connectivity index (χ0n) is 6.03. The summed E-state index contributed by atoms with van der Waals surface area (Å²) < 4.78 is 12.5. The quantitative estimate of drug-likeness (QED) is 0.462. The van der Waals surface area contributed by atoms with Gasteiger partial charge in [0, 0.05) is 0 Å². The summed E-state index contributed by atoms with van der Waals surface area (Å²) in [5, 5.41) is 0. The normalized spacial score (nSPS) is 12.3. The largest absolute Gasteiger partial charge is 0.290 e. The summed E-state index contributed by atoms with van der Waals surface area (Å²) in [5.74, 6) is -1.61. The van der Waals surface area contributed by atoms with E-state index in [2.05, 4.69) is 0 Å². The first kappa shape index (κ1) is 9.63. The van der Waals surface area contributed by atoms with Gasteiger partial charge in [-0.1, -0.05) is 13.8 Å². The molecule has 0 saturated heterocycles. The van der Waals surface area contributed by atoms with Crippen LogP contribution in [0.15, 0.2) is 11.9 Å². The number of alkyl halides is 1. The molecule has 0 heterocycles. The zero-order valence-corrected chi connectivity index (χ0v) is 6.78. The minimum atomic E-state index is -0.731. The van der Waals surface area contributed by atoms with E-state index in [4.69, 9.17) is 11.6 Å². The van der Waals surface area contributed by atoms with E-state index < -0.39 is 11.6 Å². The fourth-order valence-corrected chi connectivity index (χ4v) is 0.577. The van der Waals surface area contributed by atoms with Crippen LogP contribution in [0, 0.1) is 5.92 Å². The van der Waals surface area contributed by atoms with Crippen LogP contribution in [0.1, 0.15) is 13.8 Å². The van der Waals surface area contributed by atoms with Crippen LogP contribution in [0.2, 0.25) is 0 Å². The summed E-state index contributed by atoms with van der Waals surface area (Å²) in [5.41, 5.74) is 0. The topological polar surface area (TPSA) is 17.1 Å². The lowest BCUT2D eigenvalue weighted by atomic mass is 10.2. The molecule has 0 rings (SSSR count). The first-order valence-electron chi connectivity index (χ1n) is 3.04. The summed E-state index contributed by atoms with van der Waals surface area (Å²) in [6.45, 7) is 3.59. The average Bonchev–Trinajstić information content (AvgIpc) is 1.85. The lowest BCUT2D eigenvalue weighted by Crippen LogP contribution is -2.00. The van der Waals surface area contributed by atoms with E-state index >= 15 is 0 Å². The summed E-state index contributed by atoms with van der Waals surface area (Å²) in [6.07, 6.45) is 1.25. The molecule has 0 radical (unpaired) electrons. The second kappa shape index (κ2) is 4.45. The van der Waals surface area contributed by atoms with Crippen molar-refractivity contribution in [2.45, 2.75) is 13.8 Å². The molecule has 0 aromatic rings. The maximum Gasteiger partial charge on any atom is 0.205 e. The second-order valence-corrected chi connectivity index (χ2v) is 2.58. The number of carbonyl (C=O) groups excluding carboxylic acids is 1. The molecule has 0 amide bonds. The Hall–Kier alpha value is -0.370. The van der Waals surface area contributed by atoms with E-state index in [0.717, 1.165) is 0 Å². The van der Waals surface area contributed by atoms with Crippen molar-refractivity contribution in [3.05, 3.63) is 11.9 Å². The minimum absolute atomic E-state index is 0.0483. The molecule has 0 aromatic carbocycles. The standard InChI is InChI=1S/C7H10ClFO/c1-5(2)3-6(9)7(10)4-8/h3,5H,4H2,1-2H3/b6-3+. The average molecular weight is 165 g/mol. The first-order chi connectivity index (χ1) is 4.57. The number of rotatable bonds is 3. The molecule has 0 bridgehead atoms. The van der Waals surface area contributed by atoms with Crippen molar-refractivity contribution in [3.8, 4) is 0 Å². The lowest BCUT2D eigenvalue weighted by molar-refractivity contribution is -0.114. The number of ketones is 1. The van der Waals surface area contributed by atoms with Gasteiger partial charge in [0.1, 0.15) is 0 Å². The Balaban J connectivity index is 4.05. The molecule has 0 N–H and O–H groups in total. The van der Waals surface area contributed by atoms with Gasteiger partial charge in [0.15, 0.2) is 5.83 Å². The molecular weight excluding hydrogens is 155 g/mol. The van der Waals surface area contributed by atoms with E-state index in [1.165, 1.54) is 6.08 Å². The van der Waals surface area contributed by atoms with E-state index in [1.807, 2.05) is 0 Å². The molecule has 10 heavy (non-hydrogen) atoms. The van der Waals surface area contributed by atoms with Crippen LogP contribution in [-0.4, -0.2) is 11.7 Å². The van der Waals surface area contributed by atoms with Crippen LogP contribution in [0.25, 0.3) is 0 Å². The molecule has 0 aliphatic heterocycles. The van der Waals surface area contributed by atoms with Crippen LogP contribution in [0.3, 0.4) is 0 Å². The molecule has 1 nitrogen and oxygen atoms in total. The van der Waals surface area contributed by atoms with Crippen LogP contribution in [0.4, 0.5) is 4.39 Å². The monoisotopic (exact) mass is 164 g/mol. The van der Waals surface area contributed by atoms with Gasteiger partial charge in [0.25, 0.3) is 0 Å². The highest BCUT2D eigenvalue weighted by molar-refractivity contribution is 6.30. The number of halogens is 2. The Kier molecular flexibility index (Phi) is 4.28. The van der Waals surface area contributed by atoms with Gasteiger partial charge in [0.2, 0.25) is 5.78 Å². The van der Waals surface area contributed by atoms with Crippen LogP contribution >= 0.6 is 11.6 Å². The van der Waals surface area contributed by atoms with Crippen LogP contribution in [0.5, 0.6) is 0 Å². The van der Waals surface area contributed by atoms with E-state index in [0.29, 0.717) is 0 Å². The molecule has 0 spiro atoms. The molecule has 0 aliphatic rings. The molecule has 3 heteroatoms. The highest BCUT2D eigenvalue weighted by Crippen LogP contribution is 2.05. The predicted molar refractivity (Wildman–Crippen MR) is 39.8 cm³/mol. The molecule has 0 saturated carbocycles. The van der Waals surface area contributed by atoms with E-state index in [9.17, 15) is 9.18 Å². The van der Waals surface area contributed by atoms with Crippen molar-refractivity contribution >= 4 is 17.4 Å². The van der Waals surface area contributed by atoms with Gasteiger partial charge in [-0.05, 0) is 12.0 Å². The Bertz CT molecular complexity index is 152. The summed E-state index contributed by atoms with van der Waals surface area (Å²) in [6, 6.07) is 0. The van der Waals surface area contributed by atoms with Gasteiger partial charge in [-0.3, -0.25) is 4.79 Å². The lowest BCUT2D eigenvalue weighted by Gasteiger charge is -1.94. The van der Waals surface area contributed by atoms with Gasteiger partial charge in [-0.2, -0.15) is 0 Å². The van der Waals surface area contributed by atoms with Crippen molar-refractivity contribution in [3.63, 3.8) is 0 Å². The molecular formula is C7H10ClFO. The van der Waals surface area contributed by atoms with Crippen molar-refractivity contribution in [1.82, 2.24) is 0 Å². The summed E-state index contributed by atoms with van der Waals surface area (Å²) >= 11 is 5.10. The molecule has 0 unspecified atom stereocenters. The van der Waals surface area contributed by atoms with Crippen LogP contribution < -0.4 is 0 Å². The fourth-order valence-electron chi connectivity index (χ4n) is 0.449. The maximum atomic E-state index is 12.5. The number of carbonyl (C=O) groups is 1. The van der Waals surface area contributed by atoms with Crippen LogP contribution in [-0.2, 0) is 4.79 Å². The third-order valence-corrected chi connectivity index (χ3v) is 1.11. The van der Waals surface area contributed by atoms with Crippen molar-refractivity contribution in [2.75, 3.05) is 5.88 Å². The Morgan fingerprint density at radius 2 is 2.20 bits per heavy atom. The molecule has 0 aliphatic carbocycles. The Labute approximate surface area is 64.9 Å². The SMILES string of the molecule is CC(C)/C=C(/F)C(=O)CCl. The van der Waals surface area contributed by atoms with Gasteiger partial charge in [-0.25, -0.2) is 4.39 Å².